The zero-order valence-electron chi connectivity index (χ0n) is 7.61. The first-order valence-electron chi connectivity index (χ1n) is 4.36. The molecule has 3 nitrogen and oxygen atoms in total. The van der Waals surface area contributed by atoms with Gasteiger partial charge in [0.1, 0.15) is 6.04 Å². The zero-order valence-corrected chi connectivity index (χ0v) is 9.24. The van der Waals surface area contributed by atoms with Gasteiger partial charge >= 0.3 is 0 Å². The van der Waals surface area contributed by atoms with Crippen LogP contribution in [0.5, 0.6) is 0 Å². The van der Waals surface area contributed by atoms with Crippen molar-refractivity contribution in [1.82, 2.24) is 10.2 Å². The molecule has 2 atom stereocenters. The zero-order chi connectivity index (χ0) is 9.59. The molecule has 0 aromatic carbocycles. The lowest BCUT2D eigenvalue weighted by atomic mass is 10.2. The molecule has 5 heteroatoms. The number of nitrogens with zero attached hydrogens (tertiary/aromatic N) is 1. The Labute approximate surface area is 87.2 Å². The van der Waals surface area contributed by atoms with Gasteiger partial charge in [-0.1, -0.05) is 13.8 Å². The molecule has 2 unspecified atom stereocenters. The molecule has 0 aromatic rings. The van der Waals surface area contributed by atoms with Gasteiger partial charge in [-0.25, -0.2) is 0 Å². The van der Waals surface area contributed by atoms with Gasteiger partial charge in [0, 0.05) is 5.75 Å². The maximum absolute atomic E-state index is 11.4. The van der Waals surface area contributed by atoms with Gasteiger partial charge < -0.3 is 10.2 Å². The van der Waals surface area contributed by atoms with Crippen molar-refractivity contribution in [2.45, 2.75) is 25.3 Å². The molecule has 2 saturated heterocycles. The summed E-state index contributed by atoms with van der Waals surface area (Å²) in [5, 5.41) is 3.69. The highest BCUT2D eigenvalue weighted by Crippen LogP contribution is 2.36. The van der Waals surface area contributed by atoms with E-state index in [1.54, 1.807) is 0 Å². The Hall–Kier alpha value is -0.290. The van der Waals surface area contributed by atoms with E-state index in [4.69, 9.17) is 12.2 Å². The van der Waals surface area contributed by atoms with Crippen molar-refractivity contribution in [2.75, 3.05) is 5.75 Å². The third-order valence-electron chi connectivity index (χ3n) is 2.37. The smallest absolute Gasteiger partial charge is 0.249 e. The topological polar surface area (TPSA) is 32.3 Å². The van der Waals surface area contributed by atoms with Crippen molar-refractivity contribution in [3.8, 4) is 0 Å². The van der Waals surface area contributed by atoms with Gasteiger partial charge in [0.25, 0.3) is 0 Å². The fourth-order valence-electron chi connectivity index (χ4n) is 1.75. The SMILES string of the molecule is CC(C)C1SCC2C(=O)NC(=S)N21. The molecule has 2 fully saturated rings. The van der Waals surface area contributed by atoms with E-state index < -0.39 is 0 Å². The number of carbonyl (C=O) groups excluding carboxylic acids is 1. The highest BCUT2D eigenvalue weighted by molar-refractivity contribution is 8.00. The minimum Gasteiger partial charge on any atom is -0.324 e. The Morgan fingerprint density at radius 3 is 3.00 bits per heavy atom. The first kappa shape index (κ1) is 9.27. The van der Waals surface area contributed by atoms with Crippen LogP contribution in [-0.4, -0.2) is 33.1 Å². The Morgan fingerprint density at radius 2 is 2.38 bits per heavy atom. The summed E-state index contributed by atoms with van der Waals surface area (Å²) >= 11 is 6.94. The summed E-state index contributed by atoms with van der Waals surface area (Å²) in [6, 6.07) is -0.00935. The van der Waals surface area contributed by atoms with Crippen molar-refractivity contribution >= 4 is 35.0 Å². The van der Waals surface area contributed by atoms with Crippen LogP contribution in [0.4, 0.5) is 0 Å². The van der Waals surface area contributed by atoms with Crippen LogP contribution < -0.4 is 5.32 Å². The molecule has 2 aliphatic rings. The Balaban J connectivity index is 2.22. The van der Waals surface area contributed by atoms with Crippen LogP contribution in [0.2, 0.25) is 0 Å². The average Bonchev–Trinajstić information content (AvgIpc) is 2.55. The molecule has 1 N–H and O–H groups in total. The van der Waals surface area contributed by atoms with E-state index >= 15 is 0 Å². The maximum Gasteiger partial charge on any atom is 0.249 e. The minimum absolute atomic E-state index is 0.00935. The van der Waals surface area contributed by atoms with E-state index in [9.17, 15) is 4.79 Å². The lowest BCUT2D eigenvalue weighted by molar-refractivity contribution is -0.120. The number of carbonyl (C=O) groups is 1. The Kier molecular flexibility index (Phi) is 2.23. The van der Waals surface area contributed by atoms with Gasteiger partial charge in [0.2, 0.25) is 5.91 Å². The third-order valence-corrected chi connectivity index (χ3v) is 4.31. The monoisotopic (exact) mass is 216 g/mol. The van der Waals surface area contributed by atoms with E-state index in [-0.39, 0.29) is 11.9 Å². The van der Waals surface area contributed by atoms with E-state index in [2.05, 4.69) is 19.2 Å². The van der Waals surface area contributed by atoms with Gasteiger partial charge in [-0.2, -0.15) is 0 Å². The second kappa shape index (κ2) is 3.13. The summed E-state index contributed by atoms with van der Waals surface area (Å²) in [5.41, 5.74) is 0. The number of fused-ring (bicyclic) bond motifs is 1. The number of thioether (sulfide) groups is 1. The van der Waals surface area contributed by atoms with Crippen LogP contribution in [0.1, 0.15) is 13.8 Å². The van der Waals surface area contributed by atoms with Gasteiger partial charge in [-0.05, 0) is 18.1 Å². The van der Waals surface area contributed by atoms with Crippen molar-refractivity contribution < 1.29 is 4.79 Å². The van der Waals surface area contributed by atoms with Crippen molar-refractivity contribution in [3.05, 3.63) is 0 Å². The number of hydrogen-bond donors (Lipinski definition) is 1. The molecule has 0 aromatic heterocycles. The number of amides is 1. The predicted octanol–water partition coefficient (Wildman–Crippen LogP) is 0.801. The predicted molar refractivity (Wildman–Crippen MR) is 57.5 cm³/mol. The van der Waals surface area contributed by atoms with Crippen LogP contribution in [0, 0.1) is 5.92 Å². The maximum atomic E-state index is 11.4. The summed E-state index contributed by atoms with van der Waals surface area (Å²) in [5.74, 6) is 1.47. The largest absolute Gasteiger partial charge is 0.324 e. The highest BCUT2D eigenvalue weighted by atomic mass is 32.2. The minimum atomic E-state index is -0.00935. The molecule has 1 amide bonds. The highest BCUT2D eigenvalue weighted by Gasteiger charge is 2.46. The summed E-state index contributed by atoms with van der Waals surface area (Å²) < 4.78 is 0. The second-order valence-electron chi connectivity index (χ2n) is 3.69. The molecule has 2 aliphatic heterocycles. The van der Waals surface area contributed by atoms with Crippen molar-refractivity contribution in [3.63, 3.8) is 0 Å². The van der Waals surface area contributed by atoms with E-state index in [0.717, 1.165) is 5.75 Å². The molecule has 72 valence electrons. The lowest BCUT2D eigenvalue weighted by Gasteiger charge is -2.25. The fraction of sp³-hybridized carbons (Fsp3) is 0.750. The molecular formula is C8H12N2OS2. The molecule has 0 saturated carbocycles. The third kappa shape index (κ3) is 1.34. The van der Waals surface area contributed by atoms with Crippen molar-refractivity contribution in [2.24, 2.45) is 5.92 Å². The molecule has 13 heavy (non-hydrogen) atoms. The number of hydrogen-bond acceptors (Lipinski definition) is 3. The number of nitrogens with one attached hydrogen (secondary N) is 1. The lowest BCUT2D eigenvalue weighted by Crippen LogP contribution is -2.38. The second-order valence-corrected chi connectivity index (χ2v) is 5.22. The van der Waals surface area contributed by atoms with Gasteiger partial charge in [-0.15, -0.1) is 11.8 Å². The van der Waals surface area contributed by atoms with Crippen molar-refractivity contribution in [1.29, 1.82) is 0 Å². The van der Waals surface area contributed by atoms with Gasteiger partial charge in [0.15, 0.2) is 5.11 Å². The average molecular weight is 216 g/mol. The first-order chi connectivity index (χ1) is 6.11. The van der Waals surface area contributed by atoms with Crippen LogP contribution in [0.15, 0.2) is 0 Å². The molecule has 0 spiro atoms. The molecule has 2 heterocycles. The molecular weight excluding hydrogens is 204 g/mol. The van der Waals surface area contributed by atoms with Crippen LogP contribution >= 0.6 is 24.0 Å². The quantitative estimate of drug-likeness (QED) is 0.657. The molecule has 2 rings (SSSR count). The first-order valence-corrected chi connectivity index (χ1v) is 5.81. The van der Waals surface area contributed by atoms with E-state index in [1.165, 1.54) is 0 Å². The fourth-order valence-corrected chi connectivity index (χ4v) is 3.65. The summed E-state index contributed by atoms with van der Waals surface area (Å²) in [6.07, 6.45) is 0. The van der Waals surface area contributed by atoms with Gasteiger partial charge in [0.05, 0.1) is 5.37 Å². The van der Waals surface area contributed by atoms with Gasteiger partial charge in [-0.3, -0.25) is 4.79 Å². The van der Waals surface area contributed by atoms with Crippen LogP contribution in [0.3, 0.4) is 0 Å². The van der Waals surface area contributed by atoms with E-state index in [0.29, 0.717) is 16.4 Å². The number of thiocarbonyl (C=S) groups is 1. The Bertz CT molecular complexity index is 267. The standard InChI is InChI=1S/C8H12N2OS2/c1-4(2)7-10-5(3-13-7)6(11)9-8(10)12/h4-5,7H,3H2,1-2H3,(H,9,11,12). The Morgan fingerprint density at radius 1 is 1.69 bits per heavy atom. The summed E-state index contributed by atoms with van der Waals surface area (Å²) in [6.45, 7) is 4.32. The molecule has 0 radical (unpaired) electrons. The normalized spacial score (nSPS) is 32.7. The van der Waals surface area contributed by atoms with Crippen LogP contribution in [-0.2, 0) is 4.79 Å². The summed E-state index contributed by atoms with van der Waals surface area (Å²) in [7, 11) is 0. The van der Waals surface area contributed by atoms with Crippen LogP contribution in [0.25, 0.3) is 0 Å². The molecule has 0 aliphatic carbocycles. The number of rotatable bonds is 1. The van der Waals surface area contributed by atoms with E-state index in [1.807, 2.05) is 16.7 Å². The molecule has 0 bridgehead atoms. The summed E-state index contributed by atoms with van der Waals surface area (Å²) in [4.78, 5) is 13.4.